The molecule has 1 aromatic rings. The zero-order valence-corrected chi connectivity index (χ0v) is 10.3. The van der Waals surface area contributed by atoms with Gasteiger partial charge in [-0.25, -0.2) is 17.2 Å². The van der Waals surface area contributed by atoms with Crippen molar-refractivity contribution in [1.29, 1.82) is 0 Å². The largest absolute Gasteiger partial charge is 0.296 e. The van der Waals surface area contributed by atoms with Crippen LogP contribution in [0.2, 0.25) is 0 Å². The molecule has 17 heavy (non-hydrogen) atoms. The first-order chi connectivity index (χ1) is 7.89. The molecular formula is C8H10ClF2N3O2S. The van der Waals surface area contributed by atoms with E-state index in [9.17, 15) is 17.2 Å². The highest BCUT2D eigenvalue weighted by molar-refractivity contribution is 8.13. The molecule has 0 spiro atoms. The summed E-state index contributed by atoms with van der Waals surface area (Å²) in [4.78, 5) is 0. The zero-order chi connectivity index (χ0) is 12.6. The molecule has 0 unspecified atom stereocenters. The van der Waals surface area contributed by atoms with Crippen LogP contribution in [-0.2, 0) is 15.6 Å². The van der Waals surface area contributed by atoms with Gasteiger partial charge in [0, 0.05) is 16.6 Å². The van der Waals surface area contributed by atoms with Crippen molar-refractivity contribution in [3.63, 3.8) is 0 Å². The summed E-state index contributed by atoms with van der Waals surface area (Å²) in [5.41, 5.74) is 0. The Kier molecular flexibility index (Phi) is 3.35. The van der Waals surface area contributed by atoms with Gasteiger partial charge >= 0.3 is 0 Å². The summed E-state index contributed by atoms with van der Waals surface area (Å²) in [5.74, 6) is 0.296. The summed E-state index contributed by atoms with van der Waals surface area (Å²) < 4.78 is 48.1. The molecule has 9 heteroatoms. The second-order valence-corrected chi connectivity index (χ2v) is 6.37. The summed E-state index contributed by atoms with van der Waals surface area (Å²) in [6.45, 7) is -0.750. The first-order valence-corrected chi connectivity index (χ1v) is 7.36. The smallest absolute Gasteiger partial charge is 0.295 e. The summed E-state index contributed by atoms with van der Waals surface area (Å²) >= 11 is 0. The number of aromatic nitrogens is 3. The summed E-state index contributed by atoms with van der Waals surface area (Å²) in [7, 11) is 0.983. The molecule has 2 rings (SSSR count). The van der Waals surface area contributed by atoms with Crippen molar-refractivity contribution in [1.82, 2.24) is 14.8 Å². The van der Waals surface area contributed by atoms with E-state index in [2.05, 4.69) is 10.2 Å². The molecule has 0 amide bonds. The fourth-order valence-electron chi connectivity index (χ4n) is 1.76. The number of rotatable bonds is 4. The lowest BCUT2D eigenvalue weighted by molar-refractivity contribution is 0.120. The maximum atomic E-state index is 12.4. The van der Waals surface area contributed by atoms with E-state index in [-0.39, 0.29) is 11.7 Å². The predicted octanol–water partition coefficient (Wildman–Crippen LogP) is 1.74. The minimum absolute atomic E-state index is 0.00779. The van der Waals surface area contributed by atoms with Gasteiger partial charge in [0.1, 0.15) is 5.82 Å². The van der Waals surface area contributed by atoms with Crippen LogP contribution in [0.1, 0.15) is 31.0 Å². The normalized spacial score (nSPS) is 17.4. The molecule has 0 aromatic carbocycles. The average molecular weight is 286 g/mol. The predicted molar refractivity (Wildman–Crippen MR) is 55.7 cm³/mol. The molecule has 0 radical (unpaired) electrons. The molecule has 1 heterocycles. The van der Waals surface area contributed by atoms with Crippen molar-refractivity contribution >= 4 is 19.7 Å². The molecule has 1 aliphatic rings. The van der Waals surface area contributed by atoms with Gasteiger partial charge in [-0.2, -0.15) is 0 Å². The van der Waals surface area contributed by atoms with Gasteiger partial charge in [-0.1, -0.05) is 6.42 Å². The highest BCUT2D eigenvalue weighted by Gasteiger charge is 2.31. The van der Waals surface area contributed by atoms with Gasteiger partial charge in [0.15, 0.2) is 0 Å². The van der Waals surface area contributed by atoms with Gasteiger partial charge in [0.05, 0.1) is 6.54 Å². The number of hydrogen-bond donors (Lipinski definition) is 0. The average Bonchev–Trinajstić information content (AvgIpc) is 2.44. The summed E-state index contributed by atoms with van der Waals surface area (Å²) in [5, 5.41) is 6.48. The van der Waals surface area contributed by atoms with Gasteiger partial charge in [-0.3, -0.25) is 4.57 Å². The maximum absolute atomic E-state index is 12.4. The van der Waals surface area contributed by atoms with E-state index >= 15 is 0 Å². The SMILES string of the molecule is O=S(=O)(Cl)c1nnc(C2CCC2)n1CC(F)F. The van der Waals surface area contributed by atoms with Crippen molar-refractivity contribution in [2.75, 3.05) is 0 Å². The fraction of sp³-hybridized carbons (Fsp3) is 0.750. The van der Waals surface area contributed by atoms with Crippen LogP contribution in [0, 0.1) is 0 Å². The first-order valence-electron chi connectivity index (χ1n) is 5.05. The van der Waals surface area contributed by atoms with Crippen LogP contribution in [0.5, 0.6) is 0 Å². The van der Waals surface area contributed by atoms with Crippen LogP contribution in [0.25, 0.3) is 0 Å². The molecule has 1 saturated carbocycles. The van der Waals surface area contributed by atoms with E-state index in [1.54, 1.807) is 0 Å². The van der Waals surface area contributed by atoms with Crippen molar-refractivity contribution in [3.8, 4) is 0 Å². The third-order valence-electron chi connectivity index (χ3n) is 2.75. The molecule has 0 atom stereocenters. The van der Waals surface area contributed by atoms with Crippen molar-refractivity contribution in [2.24, 2.45) is 0 Å². The number of nitrogens with zero attached hydrogens (tertiary/aromatic N) is 3. The lowest BCUT2D eigenvalue weighted by atomic mass is 9.85. The molecule has 0 N–H and O–H groups in total. The quantitative estimate of drug-likeness (QED) is 0.791. The van der Waals surface area contributed by atoms with Gasteiger partial charge < -0.3 is 0 Å². The van der Waals surface area contributed by atoms with Gasteiger partial charge in [0.2, 0.25) is 0 Å². The van der Waals surface area contributed by atoms with Crippen molar-refractivity contribution in [3.05, 3.63) is 5.82 Å². The van der Waals surface area contributed by atoms with Gasteiger partial charge in [-0.05, 0) is 12.8 Å². The summed E-state index contributed by atoms with van der Waals surface area (Å²) in [6, 6.07) is 0. The van der Waals surface area contributed by atoms with E-state index in [1.165, 1.54) is 0 Å². The minimum atomic E-state index is -4.15. The Morgan fingerprint density at radius 1 is 1.41 bits per heavy atom. The Bertz CT molecular complexity index is 513. The lowest BCUT2D eigenvalue weighted by Crippen LogP contribution is -2.20. The van der Waals surface area contributed by atoms with Crippen molar-refractivity contribution in [2.45, 2.75) is 43.3 Å². The minimum Gasteiger partial charge on any atom is -0.295 e. The molecule has 0 bridgehead atoms. The van der Waals surface area contributed by atoms with Crippen LogP contribution in [0.15, 0.2) is 5.16 Å². The highest BCUT2D eigenvalue weighted by Crippen LogP contribution is 2.36. The third-order valence-corrected chi connectivity index (χ3v) is 3.91. The van der Waals surface area contributed by atoms with Crippen LogP contribution in [0.3, 0.4) is 0 Å². The van der Waals surface area contributed by atoms with E-state index < -0.39 is 27.2 Å². The van der Waals surface area contributed by atoms with Crippen LogP contribution in [-0.4, -0.2) is 29.6 Å². The number of hydrogen-bond acceptors (Lipinski definition) is 4. The number of alkyl halides is 2. The monoisotopic (exact) mass is 285 g/mol. The van der Waals surface area contributed by atoms with Gasteiger partial charge in [0.25, 0.3) is 20.6 Å². The van der Waals surface area contributed by atoms with Crippen molar-refractivity contribution < 1.29 is 17.2 Å². The molecule has 96 valence electrons. The Hall–Kier alpha value is -0.760. The van der Waals surface area contributed by atoms with Crippen LogP contribution < -0.4 is 0 Å². The molecule has 1 fully saturated rings. The van der Waals surface area contributed by atoms with Crippen LogP contribution >= 0.6 is 10.7 Å². The Morgan fingerprint density at radius 3 is 2.47 bits per heavy atom. The fourth-order valence-corrected chi connectivity index (χ4v) is 2.67. The Morgan fingerprint density at radius 2 is 2.06 bits per heavy atom. The van der Waals surface area contributed by atoms with E-state index in [4.69, 9.17) is 10.7 Å². The first kappa shape index (κ1) is 12.7. The summed E-state index contributed by atoms with van der Waals surface area (Å²) in [6.07, 6.45) is -0.0789. The standard InChI is InChI=1S/C8H10ClF2N3O2S/c9-17(15,16)8-13-12-7(5-2-1-3-5)14(8)4-6(10)11/h5-6H,1-4H2. The number of halogens is 3. The third kappa shape index (κ3) is 2.57. The zero-order valence-electron chi connectivity index (χ0n) is 8.68. The Balaban J connectivity index is 2.43. The maximum Gasteiger partial charge on any atom is 0.296 e. The van der Waals surface area contributed by atoms with Gasteiger partial charge in [-0.15, -0.1) is 10.2 Å². The van der Waals surface area contributed by atoms with Crippen LogP contribution in [0.4, 0.5) is 8.78 Å². The molecule has 0 saturated heterocycles. The second kappa shape index (κ2) is 4.49. The topological polar surface area (TPSA) is 64.8 Å². The second-order valence-electron chi connectivity index (χ2n) is 3.91. The van der Waals surface area contributed by atoms with E-state index in [1.807, 2.05) is 0 Å². The molecule has 1 aliphatic carbocycles. The molecule has 0 aliphatic heterocycles. The Labute approximate surface area is 101 Å². The molecular weight excluding hydrogens is 276 g/mol. The molecule has 1 aromatic heterocycles. The van der Waals surface area contributed by atoms with E-state index in [0.717, 1.165) is 23.8 Å². The highest BCUT2D eigenvalue weighted by atomic mass is 35.7. The van der Waals surface area contributed by atoms with E-state index in [0.29, 0.717) is 0 Å². The lowest BCUT2D eigenvalue weighted by Gasteiger charge is -2.24. The molecule has 5 nitrogen and oxygen atoms in total.